The second-order valence-corrected chi connectivity index (χ2v) is 26.8. The number of aliphatic carboxylic acids is 1. The van der Waals surface area contributed by atoms with E-state index in [2.05, 4.69) is 48.8 Å². The van der Waals surface area contributed by atoms with Crippen LogP contribution in [0.5, 0.6) is 0 Å². The summed E-state index contributed by atoms with van der Waals surface area (Å²) >= 11 is 0. The number of nitrogens with one attached hydrogen (secondary N) is 2. The molecule has 18 atom stereocenters. The molecular formula is C72H130N2O21. The number of hydrogen-bond donors (Lipinski definition) is 14. The van der Waals surface area contributed by atoms with E-state index in [-0.39, 0.29) is 12.3 Å². The monoisotopic (exact) mass is 1360 g/mol. The molecule has 3 fully saturated rings. The molecule has 0 spiro atoms. The van der Waals surface area contributed by atoms with E-state index >= 15 is 0 Å². The Labute approximate surface area is 567 Å². The number of carboxylic acids is 1. The molecule has 3 rings (SSSR count). The first-order valence-electron chi connectivity index (χ1n) is 36.9. The van der Waals surface area contributed by atoms with Crippen LogP contribution in [0.3, 0.4) is 0 Å². The van der Waals surface area contributed by atoms with E-state index in [4.69, 9.17) is 28.4 Å². The summed E-state index contributed by atoms with van der Waals surface area (Å²) in [5.74, 6) is -6.15. The maximum atomic E-state index is 13.5. The van der Waals surface area contributed by atoms with Gasteiger partial charge in [-0.15, -0.1) is 0 Å². The SMILES string of the molecule is CCCCCCCCCCC/C=C\C/C=C\CCCCCCCCCCCC(=O)NC(COC1OC(CO)C(OC2OC(CO)C(O)C(OC3(C(=O)O)CC(O)C(NC(C)=O)C(C(O)C(O)CO)O3)C2O)C(O)C1O)C(O)/C=C/CCCCCCCCCCCCCCCC. The van der Waals surface area contributed by atoms with E-state index in [0.29, 0.717) is 12.8 Å². The van der Waals surface area contributed by atoms with Crippen LogP contribution in [0, 0.1) is 0 Å². The van der Waals surface area contributed by atoms with Gasteiger partial charge in [0.15, 0.2) is 12.6 Å². The number of aliphatic hydroxyl groups excluding tert-OH is 11. The van der Waals surface area contributed by atoms with Gasteiger partial charge in [-0.1, -0.05) is 230 Å². The van der Waals surface area contributed by atoms with E-state index in [1.54, 1.807) is 6.08 Å². The van der Waals surface area contributed by atoms with Crippen molar-refractivity contribution in [3.8, 4) is 0 Å². The van der Waals surface area contributed by atoms with Gasteiger partial charge in [-0.2, -0.15) is 0 Å². The normalized spacial score (nSPS) is 27.9. The summed E-state index contributed by atoms with van der Waals surface area (Å²) in [6, 6.07) is -2.62. The van der Waals surface area contributed by atoms with Gasteiger partial charge in [0.05, 0.1) is 50.7 Å². The highest BCUT2D eigenvalue weighted by Gasteiger charge is 2.60. The average Bonchev–Trinajstić information content (AvgIpc) is 0.758. The predicted octanol–water partition coefficient (Wildman–Crippen LogP) is 7.79. The van der Waals surface area contributed by atoms with Gasteiger partial charge in [0.1, 0.15) is 67.1 Å². The Hall–Kier alpha value is -3.05. The third kappa shape index (κ3) is 33.8. The van der Waals surface area contributed by atoms with Crippen LogP contribution < -0.4 is 10.6 Å². The Bertz CT molecular complexity index is 2060. The molecule has 95 heavy (non-hydrogen) atoms. The van der Waals surface area contributed by atoms with Crippen molar-refractivity contribution in [2.45, 2.75) is 375 Å². The van der Waals surface area contributed by atoms with Crippen LogP contribution in [0.4, 0.5) is 0 Å². The number of unbranched alkanes of at least 4 members (excludes halogenated alkanes) is 32. The van der Waals surface area contributed by atoms with Crippen molar-refractivity contribution >= 4 is 17.8 Å². The Morgan fingerprint density at radius 3 is 1.48 bits per heavy atom. The molecule has 0 aliphatic carbocycles. The minimum Gasteiger partial charge on any atom is -0.477 e. The van der Waals surface area contributed by atoms with Crippen molar-refractivity contribution in [3.05, 3.63) is 36.5 Å². The van der Waals surface area contributed by atoms with E-state index in [0.717, 1.165) is 64.7 Å². The van der Waals surface area contributed by atoms with Gasteiger partial charge in [-0.05, 0) is 51.4 Å². The summed E-state index contributed by atoms with van der Waals surface area (Å²) in [5, 5.41) is 136. The lowest BCUT2D eigenvalue weighted by Crippen LogP contribution is -2.70. The summed E-state index contributed by atoms with van der Waals surface area (Å²) in [4.78, 5) is 38.6. The molecule has 0 aromatic rings. The number of amides is 2. The molecule has 0 radical (unpaired) electrons. The minimum atomic E-state index is -3.08. The maximum Gasteiger partial charge on any atom is 0.364 e. The fourth-order valence-corrected chi connectivity index (χ4v) is 12.7. The predicted molar refractivity (Wildman–Crippen MR) is 361 cm³/mol. The van der Waals surface area contributed by atoms with Crippen LogP contribution in [0.2, 0.25) is 0 Å². The summed E-state index contributed by atoms with van der Waals surface area (Å²) in [7, 11) is 0. The zero-order valence-corrected chi connectivity index (χ0v) is 58.0. The summed E-state index contributed by atoms with van der Waals surface area (Å²) in [5.41, 5.74) is 0. The molecule has 0 aromatic carbocycles. The molecule has 3 heterocycles. The Kier molecular flexibility index (Phi) is 47.2. The molecule has 554 valence electrons. The zero-order chi connectivity index (χ0) is 69.6. The Morgan fingerprint density at radius 1 is 0.558 bits per heavy atom. The van der Waals surface area contributed by atoms with Crippen molar-refractivity contribution in [1.29, 1.82) is 0 Å². The molecule has 3 aliphatic rings. The molecule has 14 N–H and O–H groups in total. The third-order valence-electron chi connectivity index (χ3n) is 18.6. The summed E-state index contributed by atoms with van der Waals surface area (Å²) in [6.07, 6.45) is 26.1. The highest BCUT2D eigenvalue weighted by atomic mass is 16.8. The van der Waals surface area contributed by atoms with Crippen molar-refractivity contribution in [1.82, 2.24) is 10.6 Å². The topological polar surface area (TPSA) is 373 Å². The number of carbonyl (C=O) groups excluding carboxylic acids is 2. The van der Waals surface area contributed by atoms with Gasteiger partial charge in [0.25, 0.3) is 5.79 Å². The molecule has 2 amide bonds. The standard InChI is InChI=1S/C72H130N2O21/c1-4-6-8-10-12-14-16-18-20-22-23-24-25-26-27-28-29-30-32-34-36-38-40-42-44-46-59(82)74-53(54(79)45-43-41-39-37-35-33-31-21-19-17-15-13-11-9-7-5-2)51-90-69-64(86)63(85)66(58(50-77)92-69)93-70-65(87)68(62(84)57(49-76)91-70)95-72(71(88)89)47-55(80)60(73-52(3)78)67(94-72)61(83)56(81)48-75/h23-24,26-27,43,45,53-58,60-70,75-77,79-81,83-87H,4-22,25,28-42,44,46-51H2,1-3H3,(H,73,78)(H,74,82)(H,88,89)/b24-23-,27-26-,45-43+. The van der Waals surface area contributed by atoms with Crippen LogP contribution in [-0.2, 0) is 42.8 Å². The second-order valence-electron chi connectivity index (χ2n) is 26.8. The number of aliphatic hydroxyl groups is 11. The number of rotatable bonds is 56. The number of allylic oxidation sites excluding steroid dienone is 5. The second kappa shape index (κ2) is 52.0. The molecule has 0 saturated carbocycles. The van der Waals surface area contributed by atoms with Crippen LogP contribution >= 0.6 is 0 Å². The smallest absolute Gasteiger partial charge is 0.364 e. The highest BCUT2D eigenvalue weighted by molar-refractivity contribution is 5.77. The van der Waals surface area contributed by atoms with E-state index in [1.165, 1.54) is 161 Å². The van der Waals surface area contributed by atoms with E-state index in [9.17, 15) is 75.7 Å². The first-order chi connectivity index (χ1) is 45.9. The number of carboxylic acid groups (broad SMARTS) is 1. The first kappa shape index (κ1) is 86.2. The van der Waals surface area contributed by atoms with Crippen LogP contribution in [0.15, 0.2) is 36.5 Å². The fraction of sp³-hybridized carbons (Fsp3) is 0.875. The van der Waals surface area contributed by atoms with Crippen LogP contribution in [0.25, 0.3) is 0 Å². The zero-order valence-electron chi connectivity index (χ0n) is 58.0. The molecule has 23 nitrogen and oxygen atoms in total. The highest BCUT2D eigenvalue weighted by Crippen LogP contribution is 2.39. The summed E-state index contributed by atoms with van der Waals surface area (Å²) in [6.45, 7) is 2.14. The average molecular weight is 1360 g/mol. The van der Waals surface area contributed by atoms with Gasteiger partial charge in [-0.25, -0.2) is 4.79 Å². The molecule has 0 bridgehead atoms. The van der Waals surface area contributed by atoms with Crippen molar-refractivity contribution in [3.63, 3.8) is 0 Å². The van der Waals surface area contributed by atoms with Crippen LogP contribution in [-0.4, -0.2) is 215 Å². The van der Waals surface area contributed by atoms with Gasteiger partial charge in [0, 0.05) is 19.8 Å². The fourth-order valence-electron chi connectivity index (χ4n) is 12.7. The lowest BCUT2D eigenvalue weighted by atomic mass is 9.88. The van der Waals surface area contributed by atoms with E-state index < -0.39 is 155 Å². The number of ether oxygens (including phenoxy) is 6. The quantitative estimate of drug-likeness (QED) is 0.0204. The Balaban J connectivity index is 1.56. The lowest BCUT2D eigenvalue weighted by molar-refractivity contribution is -0.386. The van der Waals surface area contributed by atoms with Gasteiger partial charge >= 0.3 is 5.97 Å². The number of carbonyl (C=O) groups is 3. The first-order valence-corrected chi connectivity index (χ1v) is 36.9. The van der Waals surface area contributed by atoms with Crippen LogP contribution in [0.1, 0.15) is 265 Å². The molecule has 3 aliphatic heterocycles. The lowest BCUT2D eigenvalue weighted by Gasteiger charge is -2.50. The summed E-state index contributed by atoms with van der Waals surface area (Å²) < 4.78 is 34.8. The molecule has 0 aromatic heterocycles. The van der Waals surface area contributed by atoms with E-state index in [1.807, 2.05) is 6.08 Å². The maximum absolute atomic E-state index is 13.5. The molecule has 18 unspecified atom stereocenters. The van der Waals surface area contributed by atoms with Gasteiger partial charge in [-0.3, -0.25) is 9.59 Å². The van der Waals surface area contributed by atoms with Gasteiger partial charge in [0.2, 0.25) is 11.8 Å². The largest absolute Gasteiger partial charge is 0.477 e. The van der Waals surface area contributed by atoms with Crippen molar-refractivity contribution < 1.29 is 104 Å². The molecule has 3 saturated heterocycles. The van der Waals surface area contributed by atoms with Crippen molar-refractivity contribution in [2.75, 3.05) is 26.4 Å². The molecular weight excluding hydrogens is 1230 g/mol. The number of hydrogen-bond acceptors (Lipinski definition) is 20. The Morgan fingerprint density at radius 2 is 1.02 bits per heavy atom. The van der Waals surface area contributed by atoms with Gasteiger partial charge < -0.3 is 100 Å². The molecule has 23 heteroatoms. The van der Waals surface area contributed by atoms with Crippen molar-refractivity contribution in [2.24, 2.45) is 0 Å². The minimum absolute atomic E-state index is 0.195. The third-order valence-corrected chi connectivity index (χ3v) is 18.6.